The van der Waals surface area contributed by atoms with Crippen molar-refractivity contribution in [3.8, 4) is 0 Å². The largest absolute Gasteiger partial charge is 0.385 e. The third-order valence-corrected chi connectivity index (χ3v) is 7.75. The first-order chi connectivity index (χ1) is 9.70. The lowest BCUT2D eigenvalue weighted by atomic mass is 9.54. The number of carbonyl (C=O) groups is 1. The zero-order valence-electron chi connectivity index (χ0n) is 12.1. The van der Waals surface area contributed by atoms with Gasteiger partial charge in [-0.2, -0.15) is 0 Å². The number of aliphatic hydroxyl groups excluding tert-OH is 1. The van der Waals surface area contributed by atoms with E-state index in [1.54, 1.807) is 6.08 Å². The molecule has 1 N–H and O–H groups in total. The minimum absolute atomic E-state index is 0.0354. The number of aliphatic hydroxyl groups is 1. The summed E-state index contributed by atoms with van der Waals surface area (Å²) in [4.78, 5) is 11.7. The molecule has 20 heavy (non-hydrogen) atoms. The van der Waals surface area contributed by atoms with E-state index in [2.05, 4.69) is 0 Å². The molecule has 0 aromatic heterocycles. The van der Waals surface area contributed by atoms with Crippen molar-refractivity contribution in [2.75, 3.05) is 0 Å². The Morgan fingerprint density at radius 3 is 2.75 bits per heavy atom. The summed E-state index contributed by atoms with van der Waals surface area (Å²) in [5, 5.41) is 9.97. The van der Waals surface area contributed by atoms with Gasteiger partial charge in [0.25, 0.3) is 0 Å². The summed E-state index contributed by atoms with van der Waals surface area (Å²) in [5.74, 6) is 4.24. The molecule has 0 saturated heterocycles. The Balaban J connectivity index is 1.50. The highest BCUT2D eigenvalue weighted by atomic mass is 16.3. The Morgan fingerprint density at radius 1 is 1.10 bits per heavy atom. The van der Waals surface area contributed by atoms with Crippen LogP contribution >= 0.6 is 0 Å². The predicted octanol–water partition coefficient (Wildman–Crippen LogP) is 3.10. The van der Waals surface area contributed by atoms with Crippen LogP contribution in [0.25, 0.3) is 0 Å². The molecule has 1 spiro atoms. The van der Waals surface area contributed by atoms with Crippen LogP contribution in [0.2, 0.25) is 0 Å². The van der Waals surface area contributed by atoms with E-state index in [0.29, 0.717) is 5.92 Å². The van der Waals surface area contributed by atoms with Gasteiger partial charge >= 0.3 is 0 Å². The van der Waals surface area contributed by atoms with Gasteiger partial charge in [0, 0.05) is 0 Å². The van der Waals surface area contributed by atoms with E-state index in [0.717, 1.165) is 41.9 Å². The minimum atomic E-state index is -0.712. The second-order valence-corrected chi connectivity index (χ2v) is 8.15. The fourth-order valence-corrected chi connectivity index (χ4v) is 6.96. The van der Waals surface area contributed by atoms with E-state index in [9.17, 15) is 9.90 Å². The van der Waals surface area contributed by atoms with Crippen LogP contribution in [-0.4, -0.2) is 17.0 Å². The Morgan fingerprint density at radius 2 is 1.90 bits per heavy atom. The summed E-state index contributed by atoms with van der Waals surface area (Å²) in [7, 11) is 0. The summed E-state index contributed by atoms with van der Waals surface area (Å²) in [6.07, 6.45) is 11.5. The van der Waals surface area contributed by atoms with Crippen LogP contribution in [-0.2, 0) is 4.79 Å². The van der Waals surface area contributed by atoms with Gasteiger partial charge in [-0.05, 0) is 92.4 Å². The monoisotopic (exact) mass is 272 g/mol. The van der Waals surface area contributed by atoms with E-state index in [1.165, 1.54) is 44.1 Å². The minimum Gasteiger partial charge on any atom is -0.385 e. The number of fused-ring (bicyclic) bond motifs is 3. The molecule has 0 radical (unpaired) electrons. The molecule has 2 nitrogen and oxygen atoms in total. The Labute approximate surface area is 120 Å². The molecule has 5 aliphatic carbocycles. The molecule has 4 fully saturated rings. The van der Waals surface area contributed by atoms with Crippen LogP contribution in [0.3, 0.4) is 0 Å². The highest BCUT2D eigenvalue weighted by Crippen LogP contribution is 2.77. The lowest BCUT2D eigenvalue weighted by molar-refractivity contribution is -0.125. The van der Waals surface area contributed by atoms with Crippen molar-refractivity contribution in [1.29, 1.82) is 0 Å². The number of allylic oxidation sites excluding steroid dienone is 1. The lowest BCUT2D eigenvalue weighted by Gasteiger charge is -2.51. The average Bonchev–Trinajstić information content (AvgIpc) is 3.04. The van der Waals surface area contributed by atoms with Gasteiger partial charge in [0.05, 0.1) is 0 Å². The second-order valence-electron chi connectivity index (χ2n) is 8.15. The standard InChI is InChI=1S/C18H24O2/c19-16-7-10-1-6-15-13(14(10)8-17(16)20)5-4-11-2-3-12-9-18(11,12)15/h7,11-15,17,20H,1-6,8-9H2/t11-,12+,13+,14-,15+,17?,18-/m0/s1. The summed E-state index contributed by atoms with van der Waals surface area (Å²) >= 11 is 0. The maximum Gasteiger partial charge on any atom is 0.184 e. The SMILES string of the molecule is O=C1C=C2CC[C@@H]3[C@H](CC[C@@H]4CC[C@@H]5C[C@]453)[C@H]2CC1O. The molecule has 0 amide bonds. The molecule has 0 bridgehead atoms. The first-order valence-corrected chi connectivity index (χ1v) is 8.62. The highest BCUT2D eigenvalue weighted by Gasteiger charge is 2.69. The van der Waals surface area contributed by atoms with Crippen molar-refractivity contribution in [2.45, 2.75) is 57.5 Å². The van der Waals surface area contributed by atoms with E-state index >= 15 is 0 Å². The quantitative estimate of drug-likeness (QED) is 0.735. The molecule has 0 aliphatic heterocycles. The highest BCUT2D eigenvalue weighted by molar-refractivity contribution is 5.95. The summed E-state index contributed by atoms with van der Waals surface area (Å²) in [6, 6.07) is 0. The van der Waals surface area contributed by atoms with E-state index < -0.39 is 6.10 Å². The van der Waals surface area contributed by atoms with Gasteiger partial charge in [0.1, 0.15) is 6.10 Å². The molecule has 7 atom stereocenters. The number of hydrogen-bond donors (Lipinski definition) is 1. The van der Waals surface area contributed by atoms with Crippen molar-refractivity contribution in [3.05, 3.63) is 11.6 Å². The fourth-order valence-electron chi connectivity index (χ4n) is 6.96. The normalized spacial score (nSPS) is 56.2. The van der Waals surface area contributed by atoms with Crippen LogP contribution in [0.15, 0.2) is 11.6 Å². The molecule has 2 heteroatoms. The Bertz CT molecular complexity index is 508. The molecule has 1 unspecified atom stereocenters. The van der Waals surface area contributed by atoms with Crippen LogP contribution in [0, 0.1) is 35.0 Å². The summed E-state index contributed by atoms with van der Waals surface area (Å²) in [5.41, 5.74) is 2.10. The molecule has 0 aromatic carbocycles. The first-order valence-electron chi connectivity index (χ1n) is 8.62. The Hall–Kier alpha value is -0.630. The van der Waals surface area contributed by atoms with Gasteiger partial charge in [-0.3, -0.25) is 4.79 Å². The second kappa shape index (κ2) is 3.76. The van der Waals surface area contributed by atoms with Crippen molar-refractivity contribution in [2.24, 2.45) is 35.0 Å². The summed E-state index contributed by atoms with van der Waals surface area (Å²) in [6.45, 7) is 0. The van der Waals surface area contributed by atoms with E-state index in [4.69, 9.17) is 0 Å². The zero-order chi connectivity index (χ0) is 13.5. The zero-order valence-corrected chi connectivity index (χ0v) is 12.1. The van der Waals surface area contributed by atoms with Crippen molar-refractivity contribution in [3.63, 3.8) is 0 Å². The Kier molecular flexibility index (Phi) is 2.25. The van der Waals surface area contributed by atoms with Crippen LogP contribution in [0.5, 0.6) is 0 Å². The molecular formula is C18H24O2. The maximum atomic E-state index is 11.7. The van der Waals surface area contributed by atoms with E-state index in [-0.39, 0.29) is 5.78 Å². The van der Waals surface area contributed by atoms with Gasteiger partial charge in [-0.25, -0.2) is 0 Å². The third kappa shape index (κ3) is 1.32. The molecule has 0 heterocycles. The van der Waals surface area contributed by atoms with Gasteiger partial charge < -0.3 is 5.11 Å². The molecule has 0 aromatic rings. The maximum absolute atomic E-state index is 11.7. The topological polar surface area (TPSA) is 37.3 Å². The molecule has 5 rings (SSSR count). The predicted molar refractivity (Wildman–Crippen MR) is 75.9 cm³/mol. The van der Waals surface area contributed by atoms with Crippen LogP contribution in [0.1, 0.15) is 51.4 Å². The number of hydrogen-bond acceptors (Lipinski definition) is 2. The third-order valence-electron chi connectivity index (χ3n) is 7.75. The van der Waals surface area contributed by atoms with Gasteiger partial charge in [0.2, 0.25) is 0 Å². The van der Waals surface area contributed by atoms with Crippen molar-refractivity contribution >= 4 is 5.78 Å². The molecule has 108 valence electrons. The van der Waals surface area contributed by atoms with Gasteiger partial charge in [-0.15, -0.1) is 0 Å². The van der Waals surface area contributed by atoms with Crippen LogP contribution < -0.4 is 0 Å². The lowest BCUT2D eigenvalue weighted by Crippen LogP contribution is -2.45. The van der Waals surface area contributed by atoms with Gasteiger partial charge in [-0.1, -0.05) is 5.57 Å². The first kappa shape index (κ1) is 12.0. The molecular weight excluding hydrogens is 248 g/mol. The average molecular weight is 272 g/mol. The number of carbonyl (C=O) groups excluding carboxylic acids is 1. The number of ketones is 1. The fraction of sp³-hybridized carbons (Fsp3) is 0.833. The summed E-state index contributed by atoms with van der Waals surface area (Å²) < 4.78 is 0. The van der Waals surface area contributed by atoms with E-state index in [1.807, 2.05) is 0 Å². The molecule has 5 aliphatic rings. The van der Waals surface area contributed by atoms with Gasteiger partial charge in [0.15, 0.2) is 5.78 Å². The van der Waals surface area contributed by atoms with Crippen molar-refractivity contribution < 1.29 is 9.90 Å². The van der Waals surface area contributed by atoms with Crippen molar-refractivity contribution in [1.82, 2.24) is 0 Å². The molecule has 4 saturated carbocycles. The van der Waals surface area contributed by atoms with Crippen LogP contribution in [0.4, 0.5) is 0 Å². The number of rotatable bonds is 0. The smallest absolute Gasteiger partial charge is 0.184 e.